The first-order valence-electron chi connectivity index (χ1n) is 17.3. The largest absolute Gasteiger partial charge is 0.480 e. The predicted molar refractivity (Wildman–Crippen MR) is 208 cm³/mol. The molecule has 0 aliphatic rings. The van der Waals surface area contributed by atoms with Crippen LogP contribution in [0, 0.1) is 20.8 Å². The molecular weight excluding hydrogens is 779 g/mol. The lowest BCUT2D eigenvalue weighted by molar-refractivity contribution is -0.178. The zero-order valence-corrected chi connectivity index (χ0v) is 33.5. The Labute approximate surface area is 321 Å². The van der Waals surface area contributed by atoms with E-state index in [2.05, 4.69) is 33.2 Å². The van der Waals surface area contributed by atoms with E-state index in [0.717, 1.165) is 14.7 Å². The number of esters is 2. The monoisotopic (exact) mass is 832 g/mol. The summed E-state index contributed by atoms with van der Waals surface area (Å²) in [6, 6.07) is 15.8. The van der Waals surface area contributed by atoms with Gasteiger partial charge in [0.2, 0.25) is 5.91 Å². The smallest absolute Gasteiger partial charge is 0.407 e. The Morgan fingerprint density at radius 2 is 1.54 bits per heavy atom. The molecule has 2 amide bonds. The van der Waals surface area contributed by atoms with Crippen LogP contribution in [0.5, 0.6) is 0 Å². The second kappa shape index (κ2) is 20.7. The number of carbonyl (C=O) groups is 5. The third-order valence-electron chi connectivity index (χ3n) is 7.67. The number of halogens is 1. The molecular formula is C40H53IN2O9. The first-order chi connectivity index (χ1) is 24.3. The summed E-state index contributed by atoms with van der Waals surface area (Å²) in [5.41, 5.74) is -0.203. The van der Waals surface area contributed by atoms with Crippen molar-refractivity contribution < 1.29 is 43.3 Å². The second-order valence-corrected chi connectivity index (χ2v) is 16.0. The van der Waals surface area contributed by atoms with Crippen LogP contribution in [0.2, 0.25) is 0 Å². The number of hydrogen-bond acceptors (Lipinski definition) is 8. The number of alkyl carbamates (subject to hydrolysis) is 1. The lowest BCUT2D eigenvalue weighted by Gasteiger charge is -2.29. The number of carboxylic acid groups (broad SMARTS) is 1. The van der Waals surface area contributed by atoms with Gasteiger partial charge in [-0.1, -0.05) is 81.5 Å². The van der Waals surface area contributed by atoms with E-state index in [9.17, 15) is 29.1 Å². The maximum Gasteiger partial charge on any atom is 0.407 e. The minimum absolute atomic E-state index is 0.0347. The second-order valence-electron chi connectivity index (χ2n) is 14.7. The molecule has 11 nitrogen and oxygen atoms in total. The number of rotatable bonds is 18. The highest BCUT2D eigenvalue weighted by atomic mass is 127. The first kappa shape index (κ1) is 44.0. The van der Waals surface area contributed by atoms with Crippen molar-refractivity contribution >= 4 is 58.6 Å². The minimum Gasteiger partial charge on any atom is -0.480 e. The molecule has 0 bridgehead atoms. The van der Waals surface area contributed by atoms with E-state index in [4.69, 9.17) is 14.2 Å². The van der Waals surface area contributed by atoms with Gasteiger partial charge in [-0.05, 0) is 98.9 Å². The van der Waals surface area contributed by atoms with Gasteiger partial charge >= 0.3 is 24.0 Å². The molecule has 0 radical (unpaired) electrons. The minimum atomic E-state index is -1.23. The van der Waals surface area contributed by atoms with Crippen LogP contribution in [0.4, 0.5) is 4.79 Å². The van der Waals surface area contributed by atoms with Crippen LogP contribution < -0.4 is 10.6 Å². The normalized spacial score (nSPS) is 14.3. The summed E-state index contributed by atoms with van der Waals surface area (Å²) in [5.74, 6) is -3.59. The van der Waals surface area contributed by atoms with E-state index < -0.39 is 59.2 Å². The van der Waals surface area contributed by atoms with E-state index in [1.165, 1.54) is 12.2 Å². The maximum absolute atomic E-state index is 13.7. The average molecular weight is 833 g/mol. The van der Waals surface area contributed by atoms with Crippen LogP contribution in [-0.2, 0) is 39.8 Å². The fourth-order valence-corrected chi connectivity index (χ4v) is 5.08. The molecule has 2 rings (SSSR count). The van der Waals surface area contributed by atoms with E-state index in [1.807, 2.05) is 87.5 Å². The molecule has 0 heterocycles. The van der Waals surface area contributed by atoms with Gasteiger partial charge in [0.05, 0.1) is 5.41 Å². The molecule has 0 spiro atoms. The van der Waals surface area contributed by atoms with Gasteiger partial charge in [0.15, 0.2) is 6.10 Å². The van der Waals surface area contributed by atoms with E-state index in [0.29, 0.717) is 0 Å². The number of carbonyl (C=O) groups excluding carboxylic acids is 4. The van der Waals surface area contributed by atoms with Gasteiger partial charge in [0.25, 0.3) is 0 Å². The van der Waals surface area contributed by atoms with Crippen LogP contribution in [0.1, 0.15) is 79.4 Å². The van der Waals surface area contributed by atoms with E-state index in [1.54, 1.807) is 34.6 Å². The SMILES string of the molecule is CC(C)C[C@H](OC(=O)C(C)(C)CNC(=O)OC(C)(C)C)C(=O)O[C@@H](C/C=C/C(=O)N[C@H](Cc1ccc(I)cc1)C(=O)O)[C@H](C)/C=C/c1ccccc1. The van der Waals surface area contributed by atoms with E-state index >= 15 is 0 Å². The fraction of sp³-hybridized carbons (Fsp3) is 0.475. The Balaban J connectivity index is 2.21. The Morgan fingerprint density at radius 1 is 0.904 bits per heavy atom. The molecule has 284 valence electrons. The molecule has 0 saturated carbocycles. The summed E-state index contributed by atoms with van der Waals surface area (Å²) >= 11 is 2.16. The predicted octanol–water partition coefficient (Wildman–Crippen LogP) is 7.12. The van der Waals surface area contributed by atoms with Crippen molar-refractivity contribution in [3.63, 3.8) is 0 Å². The molecule has 52 heavy (non-hydrogen) atoms. The lowest BCUT2D eigenvalue weighted by atomic mass is 9.93. The third kappa shape index (κ3) is 16.9. The Kier molecular flexibility index (Phi) is 17.5. The standard InChI is InChI=1S/C40H53IN2O9/c1-26(2)23-33(51-37(48)40(7,8)25-42-38(49)52-39(4,5)6)36(47)50-32(27(3)17-18-28-13-10-9-11-14-28)15-12-16-34(44)43-31(35(45)46)24-29-19-21-30(41)22-20-29/h9-14,16-22,26-27,31-33H,15,23-25H2,1-8H3,(H,42,49)(H,43,44)(H,45,46)/b16-12+,18-17+/t27-,31-,32+,33+/m1/s1. The average Bonchev–Trinajstić information content (AvgIpc) is 3.05. The molecule has 2 aromatic carbocycles. The zero-order valence-electron chi connectivity index (χ0n) is 31.3. The number of amides is 2. The summed E-state index contributed by atoms with van der Waals surface area (Å²) < 4.78 is 18.0. The van der Waals surface area contributed by atoms with Crippen molar-refractivity contribution in [2.24, 2.45) is 17.3 Å². The topological polar surface area (TPSA) is 157 Å². The van der Waals surface area contributed by atoms with Crippen LogP contribution in [-0.4, -0.2) is 65.4 Å². The number of aliphatic carboxylic acids is 1. The summed E-state index contributed by atoms with van der Waals surface area (Å²) in [5, 5.41) is 14.8. The number of ether oxygens (including phenoxy) is 3. The van der Waals surface area contributed by atoms with Crippen molar-refractivity contribution in [1.82, 2.24) is 10.6 Å². The summed E-state index contributed by atoms with van der Waals surface area (Å²) in [7, 11) is 0. The van der Waals surface area contributed by atoms with Crippen molar-refractivity contribution in [2.45, 2.75) is 98.5 Å². The van der Waals surface area contributed by atoms with Gasteiger partial charge in [0, 0.05) is 28.9 Å². The molecule has 0 aliphatic carbocycles. The number of benzene rings is 2. The van der Waals surface area contributed by atoms with Crippen LogP contribution in [0.25, 0.3) is 6.08 Å². The highest BCUT2D eigenvalue weighted by Gasteiger charge is 2.36. The molecule has 4 atom stereocenters. The quantitative estimate of drug-likeness (QED) is 0.0616. The fourth-order valence-electron chi connectivity index (χ4n) is 4.72. The number of hydrogen-bond donors (Lipinski definition) is 3. The Hall–Kier alpha value is -4.20. The summed E-state index contributed by atoms with van der Waals surface area (Å²) in [4.78, 5) is 63.9. The van der Waals surface area contributed by atoms with Gasteiger partial charge in [0.1, 0.15) is 17.7 Å². The van der Waals surface area contributed by atoms with E-state index in [-0.39, 0.29) is 37.6 Å². The van der Waals surface area contributed by atoms with Crippen molar-refractivity contribution in [1.29, 1.82) is 0 Å². The molecule has 3 N–H and O–H groups in total. The highest BCUT2D eigenvalue weighted by Crippen LogP contribution is 2.23. The molecule has 12 heteroatoms. The maximum atomic E-state index is 13.7. The van der Waals surface area contributed by atoms with Gasteiger partial charge in [-0.3, -0.25) is 9.59 Å². The third-order valence-corrected chi connectivity index (χ3v) is 8.39. The molecule has 0 unspecified atom stereocenters. The van der Waals surface area contributed by atoms with Crippen LogP contribution >= 0.6 is 22.6 Å². The molecule has 0 saturated heterocycles. The zero-order chi connectivity index (χ0) is 39.1. The van der Waals surface area contributed by atoms with Gasteiger partial charge in [-0.2, -0.15) is 0 Å². The van der Waals surface area contributed by atoms with Gasteiger partial charge in [-0.25, -0.2) is 14.4 Å². The summed E-state index contributed by atoms with van der Waals surface area (Å²) in [6.45, 7) is 13.9. The van der Waals surface area contributed by atoms with Gasteiger partial charge in [-0.15, -0.1) is 0 Å². The molecule has 0 aromatic heterocycles. The Morgan fingerprint density at radius 3 is 2.12 bits per heavy atom. The Bertz CT molecular complexity index is 1550. The first-order valence-corrected chi connectivity index (χ1v) is 18.4. The van der Waals surface area contributed by atoms with Crippen LogP contribution in [0.15, 0.2) is 72.8 Å². The summed E-state index contributed by atoms with van der Waals surface area (Å²) in [6.07, 6.45) is 4.27. The van der Waals surface area contributed by atoms with Crippen molar-refractivity contribution in [3.8, 4) is 0 Å². The molecule has 0 aliphatic heterocycles. The van der Waals surface area contributed by atoms with Crippen molar-refractivity contribution in [3.05, 3.63) is 87.5 Å². The van der Waals surface area contributed by atoms with Crippen molar-refractivity contribution in [2.75, 3.05) is 6.54 Å². The lowest BCUT2D eigenvalue weighted by Crippen LogP contribution is -2.44. The number of carboxylic acids is 1. The van der Waals surface area contributed by atoms with Crippen LogP contribution in [0.3, 0.4) is 0 Å². The molecule has 0 fully saturated rings. The number of nitrogens with one attached hydrogen (secondary N) is 2. The van der Waals surface area contributed by atoms with Gasteiger partial charge < -0.3 is 30.0 Å². The molecule has 2 aromatic rings. The highest BCUT2D eigenvalue weighted by molar-refractivity contribution is 14.1.